The average molecular weight is 813 g/mol. The molecule has 1 fully saturated rings. The second-order valence-electron chi connectivity index (χ2n) is 13.1. The molecule has 14 nitrogen and oxygen atoms in total. The zero-order valence-electron chi connectivity index (χ0n) is 31.9. The van der Waals surface area contributed by atoms with Gasteiger partial charge in [0.25, 0.3) is 0 Å². The van der Waals surface area contributed by atoms with E-state index in [0.717, 1.165) is 31.7 Å². The number of ether oxygens (including phenoxy) is 1. The Morgan fingerprint density at radius 3 is 1.06 bits per heavy atom. The van der Waals surface area contributed by atoms with Crippen molar-refractivity contribution in [1.82, 2.24) is 0 Å². The van der Waals surface area contributed by atoms with Gasteiger partial charge >= 0.3 is 60.2 Å². The van der Waals surface area contributed by atoms with Crippen LogP contribution in [-0.4, -0.2) is 146 Å². The molecule has 288 valence electrons. The first-order chi connectivity index (χ1) is 22.6. The van der Waals surface area contributed by atoms with Gasteiger partial charge in [-0.2, -0.15) is 0 Å². The van der Waals surface area contributed by atoms with Gasteiger partial charge in [0, 0.05) is 69.0 Å². The monoisotopic (exact) mass is 812 g/mol. The number of rotatable bonds is 26. The predicted molar refractivity (Wildman–Crippen MR) is 200 cm³/mol. The third-order valence-electron chi connectivity index (χ3n) is 9.24. The van der Waals surface area contributed by atoms with Crippen LogP contribution in [-0.2, 0) is 52.2 Å². The zero-order chi connectivity index (χ0) is 36.6. The van der Waals surface area contributed by atoms with E-state index in [-0.39, 0.29) is 12.5 Å². The molecule has 0 aromatic heterocycles. The van der Waals surface area contributed by atoms with Crippen LogP contribution < -0.4 is 0 Å². The van der Waals surface area contributed by atoms with Gasteiger partial charge in [-0.1, -0.05) is 0 Å². The van der Waals surface area contributed by atoms with Crippen molar-refractivity contribution < 1.29 is 62.4 Å². The SMILES string of the molecule is CCOCCC[Si]1(C)O[Si](C)(CCC[Si](CO)(OC)OC)O[Si](C)(CCC[Si](OC)(OC)OC)O[Si](C)(CCC[Si](CO)(OC)OC)O1. The van der Waals surface area contributed by atoms with E-state index in [0.29, 0.717) is 49.5 Å². The molecule has 48 heavy (non-hydrogen) atoms. The maximum Gasteiger partial charge on any atom is 0.500 e. The Hall–Kier alpha value is 0.958. The lowest BCUT2D eigenvalue weighted by Crippen LogP contribution is -2.67. The van der Waals surface area contributed by atoms with Crippen molar-refractivity contribution in [3.8, 4) is 0 Å². The van der Waals surface area contributed by atoms with Crippen molar-refractivity contribution >= 4 is 60.2 Å². The van der Waals surface area contributed by atoms with Crippen LogP contribution in [0.1, 0.15) is 32.6 Å². The Morgan fingerprint density at radius 1 is 0.479 bits per heavy atom. The minimum atomic E-state index is -2.95. The van der Waals surface area contributed by atoms with Crippen molar-refractivity contribution in [2.75, 3.05) is 75.4 Å². The Bertz CT molecular complexity index is 819. The Kier molecular flexibility index (Phi) is 21.1. The fourth-order valence-corrected chi connectivity index (χ4v) is 36.0. The lowest BCUT2D eigenvalue weighted by molar-refractivity contribution is 0.123. The Morgan fingerprint density at radius 2 is 0.792 bits per heavy atom. The van der Waals surface area contributed by atoms with Crippen LogP contribution in [0, 0.1) is 0 Å². The molecular formula is C27H68O14Si7. The fourth-order valence-electron chi connectivity index (χ4n) is 6.49. The summed E-state index contributed by atoms with van der Waals surface area (Å²) in [4.78, 5) is 0. The summed E-state index contributed by atoms with van der Waals surface area (Å²) in [6.07, 6.45) is 2.72. The maximum atomic E-state index is 10.1. The summed E-state index contributed by atoms with van der Waals surface area (Å²) in [6.45, 7) is 11.8. The van der Waals surface area contributed by atoms with Gasteiger partial charge in [-0.3, -0.25) is 0 Å². The lowest BCUT2D eigenvalue weighted by atomic mass is 10.5. The van der Waals surface area contributed by atoms with E-state index in [4.69, 9.17) is 52.2 Å². The highest BCUT2D eigenvalue weighted by Gasteiger charge is 2.57. The molecule has 1 aliphatic heterocycles. The molecule has 2 atom stereocenters. The highest BCUT2D eigenvalue weighted by molar-refractivity contribution is 6.94. The Balaban J connectivity index is 3.52. The molecule has 0 bridgehead atoms. The van der Waals surface area contributed by atoms with Crippen molar-refractivity contribution in [1.29, 1.82) is 0 Å². The van der Waals surface area contributed by atoms with Crippen molar-refractivity contribution in [3.05, 3.63) is 0 Å². The van der Waals surface area contributed by atoms with Crippen molar-refractivity contribution in [3.63, 3.8) is 0 Å². The summed E-state index contributed by atoms with van der Waals surface area (Å²) in [5, 5.41) is 20.2. The van der Waals surface area contributed by atoms with Gasteiger partial charge < -0.3 is 62.4 Å². The molecule has 0 radical (unpaired) electrons. The van der Waals surface area contributed by atoms with Crippen LogP contribution in [0.4, 0.5) is 0 Å². The molecule has 0 aromatic rings. The first kappa shape index (κ1) is 47.0. The molecule has 2 N–H and O–H groups in total. The minimum absolute atomic E-state index is 0.122. The second kappa shape index (κ2) is 21.6. The van der Waals surface area contributed by atoms with E-state index in [1.807, 2.05) is 6.92 Å². The first-order valence-electron chi connectivity index (χ1n) is 17.0. The number of aliphatic hydroxyl groups is 2. The molecule has 0 amide bonds. The molecule has 0 spiro atoms. The van der Waals surface area contributed by atoms with E-state index in [2.05, 4.69) is 26.2 Å². The van der Waals surface area contributed by atoms with Gasteiger partial charge in [-0.15, -0.1) is 0 Å². The van der Waals surface area contributed by atoms with Crippen LogP contribution in [0.5, 0.6) is 0 Å². The second-order valence-corrected chi connectivity index (χ2v) is 37.4. The van der Waals surface area contributed by atoms with Crippen molar-refractivity contribution in [2.45, 2.75) is 101 Å². The normalized spacial score (nSPS) is 27.6. The molecule has 1 heterocycles. The van der Waals surface area contributed by atoms with Crippen LogP contribution in [0.25, 0.3) is 0 Å². The van der Waals surface area contributed by atoms with Crippen LogP contribution in [0.2, 0.25) is 68.5 Å². The topological polar surface area (TPSA) is 151 Å². The first-order valence-corrected chi connectivity index (χ1v) is 33.5. The van der Waals surface area contributed by atoms with Gasteiger partial charge in [0.15, 0.2) is 0 Å². The minimum Gasteiger partial charge on any atom is -0.416 e. The molecule has 1 saturated heterocycles. The third kappa shape index (κ3) is 14.4. The molecular weight excluding hydrogens is 745 g/mol. The highest BCUT2D eigenvalue weighted by Crippen LogP contribution is 2.40. The summed E-state index contributed by atoms with van der Waals surface area (Å²) < 4.78 is 74.7. The molecule has 1 rings (SSSR count). The van der Waals surface area contributed by atoms with Gasteiger partial charge in [-0.05, 0) is 95.1 Å². The number of hydrogen-bond acceptors (Lipinski definition) is 14. The van der Waals surface area contributed by atoms with Gasteiger partial charge in [0.05, 0.1) is 12.5 Å². The number of aliphatic hydroxyl groups excluding tert-OH is 2. The molecule has 0 aromatic carbocycles. The van der Waals surface area contributed by atoms with E-state index in [9.17, 15) is 10.2 Å². The van der Waals surface area contributed by atoms with Crippen LogP contribution >= 0.6 is 0 Å². The average Bonchev–Trinajstić information content (AvgIpc) is 3.05. The van der Waals surface area contributed by atoms with Gasteiger partial charge in [0.2, 0.25) is 0 Å². The summed E-state index contributed by atoms with van der Waals surface area (Å²) in [6, 6.07) is 4.61. The maximum absolute atomic E-state index is 10.1. The predicted octanol–water partition coefficient (Wildman–Crippen LogP) is 4.36. The third-order valence-corrected chi connectivity index (χ3v) is 37.1. The highest BCUT2D eigenvalue weighted by atomic mass is 28.5. The van der Waals surface area contributed by atoms with Crippen LogP contribution in [0.15, 0.2) is 0 Å². The molecule has 21 heteroatoms. The van der Waals surface area contributed by atoms with Crippen molar-refractivity contribution in [2.24, 2.45) is 0 Å². The molecule has 0 aliphatic carbocycles. The lowest BCUT2D eigenvalue weighted by Gasteiger charge is -2.50. The summed E-state index contributed by atoms with van der Waals surface area (Å²) in [5.41, 5.74) is 0. The smallest absolute Gasteiger partial charge is 0.416 e. The van der Waals surface area contributed by atoms with Crippen LogP contribution in [0.3, 0.4) is 0 Å². The van der Waals surface area contributed by atoms with E-state index < -0.39 is 60.2 Å². The number of hydrogen-bond donors (Lipinski definition) is 2. The fraction of sp³-hybridized carbons (Fsp3) is 1.00. The molecule has 0 saturated carbocycles. The molecule has 1 aliphatic rings. The summed E-state index contributed by atoms with van der Waals surface area (Å²) in [5.74, 6) is 0. The van der Waals surface area contributed by atoms with Gasteiger partial charge in [0.1, 0.15) is 0 Å². The van der Waals surface area contributed by atoms with E-state index in [1.54, 1.807) is 49.8 Å². The van der Waals surface area contributed by atoms with E-state index >= 15 is 0 Å². The summed E-state index contributed by atoms with van der Waals surface area (Å²) in [7, 11) is -8.66. The standard InChI is InChI=1S/C27H68O14Si7/c1-13-37-18-14-19-42(9)38-43(10,20-15-23-46(26-28,30-2)31-3)40-45(12,22-17-25-48(34-6,35-7)36-8)41-44(11,39-42)21-16-24-47(27-29,32-4)33-5/h28-29H,13-27H2,1-12H3. The van der Waals surface area contributed by atoms with E-state index in [1.165, 1.54) is 0 Å². The molecule has 2 unspecified atom stereocenters. The van der Waals surface area contributed by atoms with Gasteiger partial charge in [-0.25, -0.2) is 0 Å². The summed E-state index contributed by atoms with van der Waals surface area (Å²) >= 11 is 0. The quantitative estimate of drug-likeness (QED) is 0.0941. The Labute approximate surface area is 298 Å². The largest absolute Gasteiger partial charge is 0.500 e. The zero-order valence-corrected chi connectivity index (χ0v) is 38.9.